The third-order valence-electron chi connectivity index (χ3n) is 5.31. The van der Waals surface area contributed by atoms with E-state index in [9.17, 15) is 29.4 Å². The first-order valence-electron chi connectivity index (χ1n) is 11.2. The molecule has 14 nitrogen and oxygen atoms in total. The fourth-order valence-corrected chi connectivity index (χ4v) is 3.48. The summed E-state index contributed by atoms with van der Waals surface area (Å²) >= 11 is 0. The van der Waals surface area contributed by atoms with Gasteiger partial charge in [-0.3, -0.25) is 19.4 Å². The highest BCUT2D eigenvalue weighted by Gasteiger charge is 2.30. The van der Waals surface area contributed by atoms with Gasteiger partial charge in [-0.1, -0.05) is 18.2 Å². The quantitative estimate of drug-likeness (QED) is 0.0733. The molecule has 0 aliphatic rings. The summed E-state index contributed by atoms with van der Waals surface area (Å²) in [4.78, 5) is 56.1. The fraction of sp³-hybridized carbons (Fsp3) is 0.409. The van der Waals surface area contributed by atoms with Crippen LogP contribution >= 0.6 is 0 Å². The van der Waals surface area contributed by atoms with Crippen molar-refractivity contribution in [1.29, 1.82) is 0 Å². The summed E-state index contributed by atoms with van der Waals surface area (Å²) in [6.07, 6.45) is 2.01. The van der Waals surface area contributed by atoms with Crippen LogP contribution in [0.1, 0.15) is 18.4 Å². The van der Waals surface area contributed by atoms with Crippen molar-refractivity contribution >= 4 is 40.6 Å². The van der Waals surface area contributed by atoms with Gasteiger partial charge in [0.15, 0.2) is 5.96 Å². The van der Waals surface area contributed by atoms with Gasteiger partial charge in [-0.05, 0) is 24.5 Å². The molecular weight excluding hydrogens is 472 g/mol. The highest BCUT2D eigenvalue weighted by atomic mass is 16.4. The Morgan fingerprint density at radius 3 is 2.31 bits per heavy atom. The first kappa shape index (κ1) is 28.1. The number of aliphatic carboxylic acids is 1. The van der Waals surface area contributed by atoms with Crippen molar-refractivity contribution < 1.29 is 29.4 Å². The van der Waals surface area contributed by atoms with Crippen molar-refractivity contribution in [2.45, 2.75) is 37.4 Å². The lowest BCUT2D eigenvalue weighted by Gasteiger charge is -2.24. The minimum absolute atomic E-state index is 0.00487. The second kappa shape index (κ2) is 13.7. The molecule has 0 aliphatic carbocycles. The molecule has 3 amide bonds. The third kappa shape index (κ3) is 8.25. The van der Waals surface area contributed by atoms with Gasteiger partial charge >= 0.3 is 5.97 Å². The van der Waals surface area contributed by atoms with Gasteiger partial charge in [0.05, 0.1) is 13.2 Å². The highest BCUT2D eigenvalue weighted by molar-refractivity contribution is 5.94. The van der Waals surface area contributed by atoms with Gasteiger partial charge in [0.1, 0.15) is 18.1 Å². The normalized spacial score (nSPS) is 13.3. The number of carbonyl (C=O) groups is 4. The molecule has 1 aromatic heterocycles. The number of nitrogens with one attached hydrogen (secondary N) is 4. The number of guanidine groups is 1. The average Bonchev–Trinajstić information content (AvgIpc) is 3.25. The minimum Gasteiger partial charge on any atom is -0.480 e. The van der Waals surface area contributed by atoms with Crippen LogP contribution in [0.2, 0.25) is 0 Å². The van der Waals surface area contributed by atoms with E-state index < -0.39 is 55.0 Å². The maximum atomic E-state index is 13.1. The summed E-state index contributed by atoms with van der Waals surface area (Å²) in [5, 5.41) is 27.1. The highest BCUT2D eigenvalue weighted by Crippen LogP contribution is 2.19. The summed E-state index contributed by atoms with van der Waals surface area (Å²) in [6, 6.07) is 3.48. The molecule has 1 aromatic carbocycles. The molecule has 3 atom stereocenters. The number of hydrogen-bond acceptors (Lipinski definition) is 7. The molecule has 12 N–H and O–H groups in total. The first-order chi connectivity index (χ1) is 17.2. The Kier molecular flexibility index (Phi) is 10.6. The molecule has 0 bridgehead atoms. The van der Waals surface area contributed by atoms with E-state index in [-0.39, 0.29) is 31.8 Å². The van der Waals surface area contributed by atoms with Crippen LogP contribution in [0.15, 0.2) is 35.5 Å². The number of aliphatic hydroxyl groups excluding tert-OH is 1. The van der Waals surface area contributed by atoms with Crippen LogP contribution in [0.4, 0.5) is 0 Å². The van der Waals surface area contributed by atoms with Crippen molar-refractivity contribution in [3.05, 3.63) is 36.0 Å². The molecule has 14 heteroatoms. The predicted molar refractivity (Wildman–Crippen MR) is 131 cm³/mol. The van der Waals surface area contributed by atoms with Crippen molar-refractivity contribution in [3.8, 4) is 0 Å². The Morgan fingerprint density at radius 2 is 1.67 bits per heavy atom. The number of carboxylic acid groups (broad SMARTS) is 1. The molecule has 0 spiro atoms. The van der Waals surface area contributed by atoms with Crippen molar-refractivity contribution in [2.75, 3.05) is 19.7 Å². The molecule has 0 saturated heterocycles. The van der Waals surface area contributed by atoms with E-state index in [0.717, 1.165) is 10.9 Å². The van der Waals surface area contributed by atoms with Crippen LogP contribution in [0.5, 0.6) is 0 Å². The van der Waals surface area contributed by atoms with E-state index in [1.54, 1.807) is 6.20 Å². The van der Waals surface area contributed by atoms with E-state index in [0.29, 0.717) is 5.56 Å². The van der Waals surface area contributed by atoms with Gasteiger partial charge in [-0.2, -0.15) is 0 Å². The lowest BCUT2D eigenvalue weighted by Crippen LogP contribution is -2.57. The fourth-order valence-electron chi connectivity index (χ4n) is 3.48. The summed E-state index contributed by atoms with van der Waals surface area (Å²) in [7, 11) is 0. The topological polar surface area (TPSA) is 251 Å². The van der Waals surface area contributed by atoms with E-state index in [1.807, 2.05) is 24.3 Å². The number of hydrogen-bond donors (Lipinski definition) is 9. The zero-order chi connectivity index (χ0) is 26.7. The number of carboxylic acids is 1. The van der Waals surface area contributed by atoms with E-state index in [2.05, 4.69) is 25.9 Å². The minimum atomic E-state index is -1.35. The van der Waals surface area contributed by atoms with Crippen LogP contribution in [-0.2, 0) is 25.6 Å². The number of nitrogens with zero attached hydrogens (tertiary/aromatic N) is 1. The molecule has 3 unspecified atom stereocenters. The van der Waals surface area contributed by atoms with Crippen LogP contribution in [0, 0.1) is 0 Å². The molecular formula is C22H32N8O6. The molecule has 0 saturated carbocycles. The Labute approximate surface area is 206 Å². The summed E-state index contributed by atoms with van der Waals surface area (Å²) in [5.41, 5.74) is 17.3. The van der Waals surface area contributed by atoms with Gasteiger partial charge in [-0.25, -0.2) is 4.79 Å². The largest absolute Gasteiger partial charge is 0.480 e. The standard InChI is InChI=1S/C22H32N8O6/c23-9-18(32)28-17(11-31)20(34)30-16(8-12-10-27-14-5-2-1-4-13(12)14)19(33)29-15(21(35)36)6-3-7-26-22(24)25/h1-2,4-5,10,15-17,27,31H,3,6-9,11,23H2,(H,28,32)(H,29,33)(H,30,34)(H,35,36)(H4,24,25,26). The zero-order valence-corrected chi connectivity index (χ0v) is 19.6. The van der Waals surface area contributed by atoms with Crippen LogP contribution in [-0.4, -0.2) is 82.7 Å². The number of H-pyrrole nitrogens is 1. The lowest BCUT2D eigenvalue weighted by molar-refractivity contribution is -0.142. The Balaban J connectivity index is 2.23. The summed E-state index contributed by atoms with van der Waals surface area (Å²) < 4.78 is 0. The number of nitrogens with two attached hydrogens (primary N) is 3. The Hall–Kier alpha value is -4.17. The van der Waals surface area contributed by atoms with Gasteiger partial charge < -0.3 is 48.3 Å². The number of aromatic amines is 1. The van der Waals surface area contributed by atoms with Crippen molar-refractivity contribution in [2.24, 2.45) is 22.2 Å². The average molecular weight is 505 g/mol. The maximum absolute atomic E-state index is 13.1. The smallest absolute Gasteiger partial charge is 0.326 e. The number of aromatic nitrogens is 1. The molecule has 0 radical (unpaired) electrons. The lowest BCUT2D eigenvalue weighted by atomic mass is 10.0. The number of fused-ring (bicyclic) bond motifs is 1. The number of para-hydroxylation sites is 1. The van der Waals surface area contributed by atoms with Crippen LogP contribution in [0.3, 0.4) is 0 Å². The SMILES string of the molecule is NCC(=O)NC(CO)C(=O)NC(Cc1c[nH]c2ccccc12)C(=O)NC(CCCN=C(N)N)C(=O)O. The van der Waals surface area contributed by atoms with E-state index >= 15 is 0 Å². The van der Waals surface area contributed by atoms with Gasteiger partial charge in [0.25, 0.3) is 0 Å². The van der Waals surface area contributed by atoms with Gasteiger partial charge in [0.2, 0.25) is 17.7 Å². The number of rotatable bonds is 14. The number of aliphatic hydroxyl groups is 1. The van der Waals surface area contributed by atoms with Gasteiger partial charge in [-0.15, -0.1) is 0 Å². The van der Waals surface area contributed by atoms with Crippen LogP contribution in [0.25, 0.3) is 10.9 Å². The molecule has 0 aliphatic heterocycles. The van der Waals surface area contributed by atoms with Gasteiger partial charge in [0, 0.05) is 30.1 Å². The number of carbonyl (C=O) groups excluding carboxylic acids is 3. The van der Waals surface area contributed by atoms with Crippen LogP contribution < -0.4 is 33.2 Å². The number of aliphatic imine (C=N–C) groups is 1. The molecule has 1 heterocycles. The number of amides is 3. The second-order valence-corrected chi connectivity index (χ2v) is 7.98. The monoisotopic (exact) mass is 504 g/mol. The predicted octanol–water partition coefficient (Wildman–Crippen LogP) is -2.75. The first-order valence-corrected chi connectivity index (χ1v) is 11.2. The van der Waals surface area contributed by atoms with Crippen molar-refractivity contribution in [3.63, 3.8) is 0 Å². The Morgan fingerprint density at radius 1 is 1.00 bits per heavy atom. The molecule has 2 rings (SSSR count). The molecule has 2 aromatic rings. The third-order valence-corrected chi connectivity index (χ3v) is 5.31. The number of benzene rings is 1. The summed E-state index contributed by atoms with van der Waals surface area (Å²) in [5.74, 6) is -3.67. The Bertz CT molecular complexity index is 1100. The maximum Gasteiger partial charge on any atom is 0.326 e. The van der Waals surface area contributed by atoms with Crippen molar-refractivity contribution in [1.82, 2.24) is 20.9 Å². The second-order valence-electron chi connectivity index (χ2n) is 7.98. The summed E-state index contributed by atoms with van der Waals surface area (Å²) in [6.45, 7) is -0.957. The molecule has 36 heavy (non-hydrogen) atoms. The zero-order valence-electron chi connectivity index (χ0n) is 19.6. The molecule has 196 valence electrons. The van der Waals surface area contributed by atoms with E-state index in [1.165, 1.54) is 0 Å². The molecule has 0 fully saturated rings. The van der Waals surface area contributed by atoms with E-state index in [4.69, 9.17) is 17.2 Å².